The maximum Gasteiger partial charge on any atom is 0.315 e. The van der Waals surface area contributed by atoms with Crippen LogP contribution in [0.3, 0.4) is 0 Å². The average Bonchev–Trinajstić information content (AvgIpc) is 2.08. The smallest absolute Gasteiger partial charge is 0.315 e. The fourth-order valence-corrected chi connectivity index (χ4v) is 1.05. The summed E-state index contributed by atoms with van der Waals surface area (Å²) in [6.45, 7) is 10.3. The number of amides is 4. The summed E-state index contributed by atoms with van der Waals surface area (Å²) in [6.07, 6.45) is 0. The molecule has 0 aromatic rings. The highest BCUT2D eigenvalue weighted by Crippen LogP contribution is 1.96. The summed E-state index contributed by atoms with van der Waals surface area (Å²) in [4.78, 5) is 22.5. The minimum Gasteiger partial charge on any atom is -0.336 e. The zero-order valence-electron chi connectivity index (χ0n) is 11.3. The van der Waals surface area contributed by atoms with E-state index < -0.39 is 0 Å². The predicted octanol–water partition coefficient (Wildman–Crippen LogP) is 0.792. The molecule has 0 aliphatic rings. The van der Waals surface area contributed by atoms with E-state index in [-0.39, 0.29) is 23.6 Å². The molecule has 0 saturated heterocycles. The third kappa shape index (κ3) is 10.8. The van der Waals surface area contributed by atoms with Gasteiger partial charge in [0.2, 0.25) is 0 Å². The van der Waals surface area contributed by atoms with Gasteiger partial charge in [-0.05, 0) is 34.6 Å². The van der Waals surface area contributed by atoms with E-state index in [2.05, 4.69) is 21.3 Å². The van der Waals surface area contributed by atoms with Crippen molar-refractivity contribution < 1.29 is 9.59 Å². The molecule has 0 unspecified atom stereocenters. The Kier molecular flexibility index (Phi) is 6.38. The number of rotatable bonds is 4. The van der Waals surface area contributed by atoms with Gasteiger partial charge in [0.25, 0.3) is 0 Å². The quantitative estimate of drug-likeness (QED) is 0.551. The number of urea groups is 2. The third-order valence-electron chi connectivity index (χ3n) is 1.60. The van der Waals surface area contributed by atoms with Crippen LogP contribution in [0.5, 0.6) is 0 Å². The van der Waals surface area contributed by atoms with Crippen molar-refractivity contribution in [3.8, 4) is 0 Å². The molecule has 6 heteroatoms. The lowest BCUT2D eigenvalue weighted by atomic mass is 10.1. The largest absolute Gasteiger partial charge is 0.336 e. The highest BCUT2D eigenvalue weighted by Gasteiger charge is 2.12. The number of hydrogen-bond donors (Lipinski definition) is 4. The number of hydrogen-bond acceptors (Lipinski definition) is 2. The summed E-state index contributed by atoms with van der Waals surface area (Å²) in [7, 11) is 0. The van der Waals surface area contributed by atoms with Crippen LogP contribution in [0.1, 0.15) is 34.6 Å². The van der Waals surface area contributed by atoms with Crippen molar-refractivity contribution in [2.45, 2.75) is 46.2 Å². The van der Waals surface area contributed by atoms with Gasteiger partial charge in [0.15, 0.2) is 0 Å². The van der Waals surface area contributed by atoms with Crippen LogP contribution in [0.15, 0.2) is 0 Å². The Bertz CT molecular complexity index is 259. The zero-order chi connectivity index (χ0) is 13.5. The highest BCUT2D eigenvalue weighted by atomic mass is 16.2. The van der Waals surface area contributed by atoms with Crippen LogP contribution in [0, 0.1) is 0 Å². The zero-order valence-corrected chi connectivity index (χ0v) is 11.3. The number of carbonyl (C=O) groups is 2. The standard InChI is InChI=1S/C11H24N4O2/c1-8(2)14-9(16)12-6-7-13-10(17)15-11(3,4)5/h8H,6-7H2,1-5H3,(H2,12,14,16)(H2,13,15,17). The molecule has 4 amide bonds. The van der Waals surface area contributed by atoms with Gasteiger partial charge >= 0.3 is 12.1 Å². The second kappa shape index (κ2) is 6.98. The van der Waals surface area contributed by atoms with E-state index in [0.29, 0.717) is 13.1 Å². The minimum atomic E-state index is -0.257. The lowest BCUT2D eigenvalue weighted by Gasteiger charge is -2.20. The molecular formula is C11H24N4O2. The maximum atomic E-state index is 11.3. The van der Waals surface area contributed by atoms with E-state index in [1.165, 1.54) is 0 Å². The molecular weight excluding hydrogens is 220 g/mol. The molecule has 0 rings (SSSR count). The molecule has 0 aliphatic carbocycles. The van der Waals surface area contributed by atoms with E-state index in [1.807, 2.05) is 34.6 Å². The second-order valence-corrected chi connectivity index (χ2v) is 5.19. The van der Waals surface area contributed by atoms with Crippen molar-refractivity contribution in [2.24, 2.45) is 0 Å². The summed E-state index contributed by atoms with van der Waals surface area (Å²) in [5, 5.41) is 10.7. The van der Waals surface area contributed by atoms with E-state index in [0.717, 1.165) is 0 Å². The Morgan fingerprint density at radius 3 is 1.88 bits per heavy atom. The van der Waals surface area contributed by atoms with Crippen LogP contribution in [-0.4, -0.2) is 36.7 Å². The molecule has 0 bridgehead atoms. The molecule has 4 N–H and O–H groups in total. The third-order valence-corrected chi connectivity index (χ3v) is 1.60. The molecule has 17 heavy (non-hydrogen) atoms. The first-order valence-electron chi connectivity index (χ1n) is 5.81. The van der Waals surface area contributed by atoms with E-state index in [4.69, 9.17) is 0 Å². The van der Waals surface area contributed by atoms with E-state index in [1.54, 1.807) is 0 Å². The van der Waals surface area contributed by atoms with Crippen LogP contribution < -0.4 is 21.3 Å². The van der Waals surface area contributed by atoms with Crippen molar-refractivity contribution in [2.75, 3.05) is 13.1 Å². The SMILES string of the molecule is CC(C)NC(=O)NCCNC(=O)NC(C)(C)C. The highest BCUT2D eigenvalue weighted by molar-refractivity contribution is 5.75. The molecule has 0 saturated carbocycles. The van der Waals surface area contributed by atoms with Crippen molar-refractivity contribution in [3.63, 3.8) is 0 Å². The Hall–Kier alpha value is -1.46. The van der Waals surface area contributed by atoms with Gasteiger partial charge in [0, 0.05) is 24.7 Å². The number of nitrogens with one attached hydrogen (secondary N) is 4. The Morgan fingerprint density at radius 2 is 1.47 bits per heavy atom. The molecule has 0 radical (unpaired) electrons. The van der Waals surface area contributed by atoms with Crippen LogP contribution in [-0.2, 0) is 0 Å². The van der Waals surface area contributed by atoms with Crippen LogP contribution in [0.2, 0.25) is 0 Å². The van der Waals surface area contributed by atoms with Gasteiger partial charge in [-0.15, -0.1) is 0 Å². The van der Waals surface area contributed by atoms with Gasteiger partial charge in [-0.2, -0.15) is 0 Å². The number of carbonyl (C=O) groups excluding carboxylic acids is 2. The molecule has 0 heterocycles. The lowest BCUT2D eigenvalue weighted by Crippen LogP contribution is -2.48. The van der Waals surface area contributed by atoms with Crippen molar-refractivity contribution in [3.05, 3.63) is 0 Å². The van der Waals surface area contributed by atoms with Gasteiger partial charge in [-0.1, -0.05) is 0 Å². The first kappa shape index (κ1) is 15.5. The summed E-state index contributed by atoms with van der Waals surface area (Å²) in [5.74, 6) is 0. The van der Waals surface area contributed by atoms with Gasteiger partial charge in [-0.25, -0.2) is 9.59 Å². The van der Waals surface area contributed by atoms with E-state index in [9.17, 15) is 9.59 Å². The normalized spacial score (nSPS) is 10.9. The summed E-state index contributed by atoms with van der Waals surface area (Å²) >= 11 is 0. The molecule has 100 valence electrons. The molecule has 0 spiro atoms. The average molecular weight is 244 g/mol. The van der Waals surface area contributed by atoms with Crippen LogP contribution >= 0.6 is 0 Å². The van der Waals surface area contributed by atoms with Crippen LogP contribution in [0.4, 0.5) is 9.59 Å². The Morgan fingerprint density at radius 1 is 1.00 bits per heavy atom. The topological polar surface area (TPSA) is 82.3 Å². The Balaban J connectivity index is 3.58. The van der Waals surface area contributed by atoms with Gasteiger partial charge in [0.05, 0.1) is 0 Å². The molecule has 6 nitrogen and oxygen atoms in total. The van der Waals surface area contributed by atoms with Gasteiger partial charge in [0.1, 0.15) is 0 Å². The first-order chi connectivity index (χ1) is 7.70. The van der Waals surface area contributed by atoms with Gasteiger partial charge in [-0.3, -0.25) is 0 Å². The van der Waals surface area contributed by atoms with Crippen molar-refractivity contribution in [1.82, 2.24) is 21.3 Å². The minimum absolute atomic E-state index is 0.104. The summed E-state index contributed by atoms with van der Waals surface area (Å²) < 4.78 is 0. The lowest BCUT2D eigenvalue weighted by molar-refractivity contribution is 0.230. The second-order valence-electron chi connectivity index (χ2n) is 5.19. The van der Waals surface area contributed by atoms with Crippen molar-refractivity contribution >= 4 is 12.1 Å². The maximum absolute atomic E-state index is 11.3. The predicted molar refractivity (Wildman–Crippen MR) is 68.0 cm³/mol. The molecule has 0 aliphatic heterocycles. The fraction of sp³-hybridized carbons (Fsp3) is 0.818. The van der Waals surface area contributed by atoms with Crippen LogP contribution in [0.25, 0.3) is 0 Å². The Labute approximate surface area is 103 Å². The summed E-state index contributed by atoms with van der Waals surface area (Å²) in [5.41, 5.74) is -0.257. The molecule has 0 aromatic carbocycles. The van der Waals surface area contributed by atoms with Gasteiger partial charge < -0.3 is 21.3 Å². The fourth-order valence-electron chi connectivity index (χ4n) is 1.05. The first-order valence-corrected chi connectivity index (χ1v) is 5.81. The molecule has 0 fully saturated rings. The van der Waals surface area contributed by atoms with Crippen molar-refractivity contribution in [1.29, 1.82) is 0 Å². The molecule has 0 aromatic heterocycles. The van der Waals surface area contributed by atoms with E-state index >= 15 is 0 Å². The molecule has 0 atom stereocenters. The monoisotopic (exact) mass is 244 g/mol. The summed E-state index contributed by atoms with van der Waals surface area (Å²) in [6, 6.07) is -0.353.